The molecule has 1 atom stereocenters. The summed E-state index contributed by atoms with van der Waals surface area (Å²) < 4.78 is 107. The molecule has 1 heterocycles. The van der Waals surface area contributed by atoms with Gasteiger partial charge in [-0.25, -0.2) is 22.0 Å². The van der Waals surface area contributed by atoms with Crippen molar-refractivity contribution in [3.05, 3.63) is 52.6 Å². The Balaban J connectivity index is 2.24. The molecule has 142 valence electrons. The zero-order valence-corrected chi connectivity index (χ0v) is 12.8. The van der Waals surface area contributed by atoms with Crippen LogP contribution in [0, 0.1) is 5.82 Å². The van der Waals surface area contributed by atoms with Crippen molar-refractivity contribution in [2.24, 2.45) is 0 Å². The lowest BCUT2D eigenvalue weighted by Gasteiger charge is -2.29. The van der Waals surface area contributed by atoms with Crippen molar-refractivity contribution in [1.29, 1.82) is 0 Å². The molecule has 1 aliphatic rings. The molecule has 10 heteroatoms. The fourth-order valence-electron chi connectivity index (χ4n) is 3.06. The van der Waals surface area contributed by atoms with E-state index >= 15 is 0 Å². The second-order valence-corrected chi connectivity index (χ2v) is 5.94. The van der Waals surface area contributed by atoms with Crippen molar-refractivity contribution >= 4 is 0 Å². The maximum atomic E-state index is 13.7. The topological polar surface area (TPSA) is 25.2 Å². The highest BCUT2D eigenvalue weighted by molar-refractivity contribution is 5.48. The smallest absolute Gasteiger partial charge is 0.382 e. The van der Waals surface area contributed by atoms with Crippen molar-refractivity contribution < 1.29 is 40.2 Å². The largest absolute Gasteiger partial charge is 0.418 e. The Kier molecular flexibility index (Phi) is 4.29. The molecule has 0 bridgehead atoms. The molecule has 2 nitrogen and oxygen atoms in total. The van der Waals surface area contributed by atoms with Crippen molar-refractivity contribution in [1.82, 2.24) is 4.57 Å². The maximum absolute atomic E-state index is 13.7. The molecular weight excluding hydrogens is 374 g/mol. The molecule has 1 N–H and O–H groups in total. The third kappa shape index (κ3) is 2.95. The number of rotatable bonds is 2. The lowest BCUT2D eigenvalue weighted by molar-refractivity contribution is -0.147. The van der Waals surface area contributed by atoms with E-state index < -0.39 is 60.0 Å². The summed E-state index contributed by atoms with van der Waals surface area (Å²) in [7, 11) is 0. The average molecular weight is 385 g/mol. The van der Waals surface area contributed by atoms with Gasteiger partial charge < -0.3 is 9.67 Å². The molecule has 0 amide bonds. The summed E-state index contributed by atoms with van der Waals surface area (Å²) in [4.78, 5) is 0. The highest BCUT2D eigenvalue weighted by Crippen LogP contribution is 2.48. The van der Waals surface area contributed by atoms with Crippen LogP contribution >= 0.6 is 0 Å². The molecule has 0 radical (unpaired) electrons. The van der Waals surface area contributed by atoms with Crippen molar-refractivity contribution in [2.45, 2.75) is 37.5 Å². The standard InChI is InChI=1S/C16H11F8NO/c17-10-2-1-7(5-8(10)14(18)19)25-6-9(16(22,23)24)12-11(25)3-4-15(20,21)13(12)26/h1-2,5-6,13-14,26H,3-4H2/t13-/m1/s1. The van der Waals surface area contributed by atoms with Gasteiger partial charge in [-0.3, -0.25) is 0 Å². The third-order valence-electron chi connectivity index (χ3n) is 4.32. The first kappa shape index (κ1) is 18.7. The zero-order chi connectivity index (χ0) is 19.4. The van der Waals surface area contributed by atoms with Gasteiger partial charge in [-0.1, -0.05) is 0 Å². The van der Waals surface area contributed by atoms with E-state index in [2.05, 4.69) is 0 Å². The number of fused-ring (bicyclic) bond motifs is 1. The van der Waals surface area contributed by atoms with Crippen molar-refractivity contribution in [3.8, 4) is 5.69 Å². The predicted octanol–water partition coefficient (Wildman–Crippen LogP) is 5.19. The van der Waals surface area contributed by atoms with Crippen LogP contribution in [-0.2, 0) is 12.6 Å². The van der Waals surface area contributed by atoms with E-state index in [9.17, 15) is 40.2 Å². The monoisotopic (exact) mass is 385 g/mol. The van der Waals surface area contributed by atoms with Crippen molar-refractivity contribution in [3.63, 3.8) is 0 Å². The Bertz CT molecular complexity index is 840. The fraction of sp³-hybridized carbons (Fsp3) is 0.375. The minimum Gasteiger partial charge on any atom is -0.382 e. The lowest BCUT2D eigenvalue weighted by atomic mass is 9.89. The van der Waals surface area contributed by atoms with Gasteiger partial charge in [0, 0.05) is 29.6 Å². The van der Waals surface area contributed by atoms with Crippen LogP contribution in [0.1, 0.15) is 41.3 Å². The third-order valence-corrected chi connectivity index (χ3v) is 4.32. The van der Waals surface area contributed by atoms with E-state index in [-0.39, 0.29) is 11.4 Å². The Hall–Kier alpha value is -2.10. The van der Waals surface area contributed by atoms with Gasteiger partial charge in [-0.2, -0.15) is 13.2 Å². The van der Waals surface area contributed by atoms with Crippen LogP contribution in [0.15, 0.2) is 24.4 Å². The number of aliphatic hydroxyl groups excluding tert-OH is 1. The van der Waals surface area contributed by atoms with Gasteiger partial charge in [-0.05, 0) is 24.6 Å². The summed E-state index contributed by atoms with van der Waals surface area (Å²) >= 11 is 0. The van der Waals surface area contributed by atoms with Crippen LogP contribution in [0.5, 0.6) is 0 Å². The highest BCUT2D eigenvalue weighted by atomic mass is 19.4. The summed E-state index contributed by atoms with van der Waals surface area (Å²) in [5.74, 6) is -5.00. The van der Waals surface area contributed by atoms with E-state index in [0.29, 0.717) is 18.3 Å². The van der Waals surface area contributed by atoms with Gasteiger partial charge in [0.15, 0.2) is 0 Å². The minimum absolute atomic E-state index is 0.245. The first-order valence-electron chi connectivity index (χ1n) is 7.38. The number of benzene rings is 1. The van der Waals surface area contributed by atoms with Crippen LogP contribution in [0.3, 0.4) is 0 Å². The Morgan fingerprint density at radius 1 is 1.19 bits per heavy atom. The minimum atomic E-state index is -5.05. The number of hydrogen-bond donors (Lipinski definition) is 1. The van der Waals surface area contributed by atoms with Gasteiger partial charge in [-0.15, -0.1) is 0 Å². The van der Waals surface area contributed by atoms with Crippen LogP contribution in [0.4, 0.5) is 35.1 Å². The zero-order valence-electron chi connectivity index (χ0n) is 12.8. The first-order valence-corrected chi connectivity index (χ1v) is 7.38. The van der Waals surface area contributed by atoms with E-state index in [1.54, 1.807) is 0 Å². The number of nitrogens with zero attached hydrogens (tertiary/aromatic N) is 1. The van der Waals surface area contributed by atoms with Crippen LogP contribution in [0.25, 0.3) is 5.69 Å². The number of halogens is 8. The predicted molar refractivity (Wildman–Crippen MR) is 73.9 cm³/mol. The number of hydrogen-bond acceptors (Lipinski definition) is 1. The van der Waals surface area contributed by atoms with Gasteiger partial charge in [0.05, 0.1) is 11.1 Å². The van der Waals surface area contributed by atoms with Gasteiger partial charge in [0.25, 0.3) is 12.3 Å². The molecule has 26 heavy (non-hydrogen) atoms. The summed E-state index contributed by atoms with van der Waals surface area (Å²) in [6.45, 7) is 0. The van der Waals surface area contributed by atoms with E-state index in [1.807, 2.05) is 0 Å². The van der Waals surface area contributed by atoms with Crippen LogP contribution < -0.4 is 0 Å². The molecule has 0 fully saturated rings. The van der Waals surface area contributed by atoms with Gasteiger partial charge in [0.1, 0.15) is 11.9 Å². The SMILES string of the molecule is O[C@@H]1c2c(C(F)(F)F)cn(-c3ccc(F)c(C(F)F)c3)c2CCC1(F)F. The average Bonchev–Trinajstić information content (AvgIpc) is 2.91. The Morgan fingerprint density at radius 3 is 2.42 bits per heavy atom. The van der Waals surface area contributed by atoms with E-state index in [1.165, 1.54) is 0 Å². The lowest BCUT2D eigenvalue weighted by Crippen LogP contribution is -2.33. The maximum Gasteiger partial charge on any atom is 0.418 e. The molecule has 0 saturated heterocycles. The first-order chi connectivity index (χ1) is 11.9. The fourth-order valence-corrected chi connectivity index (χ4v) is 3.06. The molecule has 2 aromatic rings. The summed E-state index contributed by atoms with van der Waals surface area (Å²) in [6.07, 6.45) is -11.9. The normalized spacial score (nSPS) is 19.7. The Labute approximate surface area is 141 Å². The van der Waals surface area contributed by atoms with Gasteiger partial charge in [0.2, 0.25) is 0 Å². The molecule has 3 rings (SSSR count). The summed E-state index contributed by atoms with van der Waals surface area (Å²) in [5, 5.41) is 9.74. The molecule has 0 saturated carbocycles. The summed E-state index contributed by atoms with van der Waals surface area (Å²) in [6, 6.07) is 2.27. The molecule has 0 unspecified atom stereocenters. The molecule has 1 aromatic carbocycles. The highest BCUT2D eigenvalue weighted by Gasteiger charge is 2.50. The Morgan fingerprint density at radius 2 is 1.85 bits per heavy atom. The number of aromatic nitrogens is 1. The van der Waals surface area contributed by atoms with E-state index in [0.717, 1.165) is 10.6 Å². The van der Waals surface area contributed by atoms with Crippen molar-refractivity contribution in [2.75, 3.05) is 0 Å². The number of aliphatic hydroxyl groups is 1. The van der Waals surface area contributed by atoms with Crippen LogP contribution in [0.2, 0.25) is 0 Å². The molecule has 1 aromatic heterocycles. The summed E-state index contributed by atoms with van der Waals surface area (Å²) in [5.41, 5.74) is -4.02. The molecule has 1 aliphatic carbocycles. The molecule has 0 spiro atoms. The second-order valence-electron chi connectivity index (χ2n) is 5.94. The molecular formula is C16H11F8NO. The molecule has 0 aliphatic heterocycles. The quantitative estimate of drug-likeness (QED) is 0.708. The van der Waals surface area contributed by atoms with Gasteiger partial charge >= 0.3 is 6.18 Å². The van der Waals surface area contributed by atoms with Crippen LogP contribution in [-0.4, -0.2) is 15.6 Å². The number of alkyl halides is 7. The van der Waals surface area contributed by atoms with E-state index in [4.69, 9.17) is 0 Å². The second kappa shape index (κ2) is 5.97.